The highest BCUT2D eigenvalue weighted by atomic mass is 31.1. The molecule has 2 nitrogen and oxygen atoms in total. The molecular formula is C13H15N2P. The maximum atomic E-state index is 5.47. The number of hydrogen-bond acceptors (Lipinski definition) is 2. The minimum absolute atomic E-state index is 0.387. The van der Waals surface area contributed by atoms with Crippen LogP contribution in [0.5, 0.6) is 0 Å². The number of rotatable bonds is 4. The smallest absolute Gasteiger partial charge is 0.0380 e. The van der Waals surface area contributed by atoms with E-state index in [-0.39, 0.29) is 7.92 Å². The molecule has 2 aromatic carbocycles. The summed E-state index contributed by atoms with van der Waals surface area (Å²) in [5.41, 5.74) is 2.79. The third-order valence-electron chi connectivity index (χ3n) is 2.39. The van der Waals surface area contributed by atoms with E-state index in [0.717, 1.165) is 6.29 Å². The van der Waals surface area contributed by atoms with Gasteiger partial charge in [-0.05, 0) is 18.5 Å². The predicted molar refractivity (Wildman–Crippen MR) is 71.3 cm³/mol. The van der Waals surface area contributed by atoms with Crippen molar-refractivity contribution in [1.29, 1.82) is 0 Å². The normalized spacial score (nSPS) is 10.6. The molecule has 3 heteroatoms. The number of benzene rings is 2. The van der Waals surface area contributed by atoms with E-state index in [0.29, 0.717) is 0 Å². The van der Waals surface area contributed by atoms with E-state index in [2.05, 4.69) is 54.0 Å². The lowest BCUT2D eigenvalue weighted by atomic mass is 10.4. The minimum Gasteiger partial charge on any atom is -0.271 e. The Labute approximate surface area is 97.2 Å². The van der Waals surface area contributed by atoms with Crippen LogP contribution in [0.15, 0.2) is 60.7 Å². The van der Waals surface area contributed by atoms with Crippen LogP contribution in [0.25, 0.3) is 0 Å². The molecule has 0 heterocycles. The maximum Gasteiger partial charge on any atom is 0.0380 e. The third-order valence-corrected chi connectivity index (χ3v) is 4.73. The van der Waals surface area contributed by atoms with Gasteiger partial charge >= 0.3 is 0 Å². The summed E-state index contributed by atoms with van der Waals surface area (Å²) in [5.74, 6) is 5.47. The zero-order valence-electron chi connectivity index (χ0n) is 9.01. The molecule has 0 saturated heterocycles. The Bertz CT molecular complexity index is 377. The SMILES string of the molecule is NNCP(c1ccccc1)c1ccccc1. The fourth-order valence-corrected chi connectivity index (χ4v) is 3.55. The second kappa shape index (κ2) is 5.76. The summed E-state index contributed by atoms with van der Waals surface area (Å²) in [5, 5.41) is 2.70. The van der Waals surface area contributed by atoms with Gasteiger partial charge in [0.2, 0.25) is 0 Å². The van der Waals surface area contributed by atoms with Gasteiger partial charge in [0.25, 0.3) is 0 Å². The van der Waals surface area contributed by atoms with Gasteiger partial charge in [-0.2, -0.15) is 0 Å². The van der Waals surface area contributed by atoms with Gasteiger partial charge in [0.15, 0.2) is 0 Å². The van der Waals surface area contributed by atoms with E-state index >= 15 is 0 Å². The van der Waals surface area contributed by atoms with E-state index in [9.17, 15) is 0 Å². The van der Waals surface area contributed by atoms with Gasteiger partial charge < -0.3 is 0 Å². The van der Waals surface area contributed by atoms with E-state index in [1.807, 2.05) is 12.1 Å². The van der Waals surface area contributed by atoms with E-state index in [4.69, 9.17) is 5.84 Å². The molecule has 0 aliphatic rings. The first kappa shape index (κ1) is 11.3. The Morgan fingerprint density at radius 1 is 0.812 bits per heavy atom. The summed E-state index contributed by atoms with van der Waals surface area (Å²) in [7, 11) is -0.387. The lowest BCUT2D eigenvalue weighted by molar-refractivity contribution is 0.867. The summed E-state index contributed by atoms with van der Waals surface area (Å²) in [6.07, 6.45) is 0.809. The Balaban J connectivity index is 2.31. The average molecular weight is 230 g/mol. The molecule has 3 N–H and O–H groups in total. The highest BCUT2D eigenvalue weighted by Gasteiger charge is 2.11. The van der Waals surface area contributed by atoms with E-state index < -0.39 is 0 Å². The first-order valence-corrected chi connectivity index (χ1v) is 6.75. The summed E-state index contributed by atoms with van der Waals surface area (Å²) in [6.45, 7) is 0. The summed E-state index contributed by atoms with van der Waals surface area (Å²) >= 11 is 0. The molecule has 0 amide bonds. The van der Waals surface area contributed by atoms with Crippen LogP contribution in [0.3, 0.4) is 0 Å². The Kier molecular flexibility index (Phi) is 4.06. The number of hydrazine groups is 1. The monoisotopic (exact) mass is 230 g/mol. The van der Waals surface area contributed by atoms with Crippen LogP contribution in [0.2, 0.25) is 0 Å². The van der Waals surface area contributed by atoms with E-state index in [1.54, 1.807) is 0 Å². The summed E-state index contributed by atoms with van der Waals surface area (Å²) in [6, 6.07) is 21.0. The van der Waals surface area contributed by atoms with Crippen molar-refractivity contribution in [3.63, 3.8) is 0 Å². The summed E-state index contributed by atoms with van der Waals surface area (Å²) < 4.78 is 0. The van der Waals surface area contributed by atoms with Gasteiger partial charge in [0.05, 0.1) is 0 Å². The molecule has 2 rings (SSSR count). The van der Waals surface area contributed by atoms with Crippen molar-refractivity contribution in [3.05, 3.63) is 60.7 Å². The standard InChI is InChI=1S/C13H15N2P/c14-15-11-16(12-7-3-1-4-8-12)13-9-5-2-6-10-13/h1-10,15H,11,14H2. The van der Waals surface area contributed by atoms with Gasteiger partial charge in [0, 0.05) is 6.29 Å². The number of hydrogen-bond donors (Lipinski definition) is 2. The molecule has 0 spiro atoms. The molecule has 0 bridgehead atoms. The van der Waals surface area contributed by atoms with Crippen molar-refractivity contribution in [2.75, 3.05) is 6.29 Å². The van der Waals surface area contributed by atoms with Gasteiger partial charge in [-0.25, -0.2) is 0 Å². The van der Waals surface area contributed by atoms with Crippen LogP contribution in [0.4, 0.5) is 0 Å². The topological polar surface area (TPSA) is 38.0 Å². The number of nitrogens with two attached hydrogens (primary N) is 1. The van der Waals surface area contributed by atoms with Crippen LogP contribution in [0.1, 0.15) is 0 Å². The van der Waals surface area contributed by atoms with Gasteiger partial charge in [0.1, 0.15) is 0 Å². The molecular weight excluding hydrogens is 215 g/mol. The molecule has 2 aromatic rings. The van der Waals surface area contributed by atoms with Crippen LogP contribution < -0.4 is 21.9 Å². The lowest BCUT2D eigenvalue weighted by Gasteiger charge is -2.17. The average Bonchev–Trinajstić information content (AvgIpc) is 2.38. The molecule has 0 saturated carbocycles. The molecule has 0 aliphatic heterocycles. The Morgan fingerprint density at radius 3 is 1.62 bits per heavy atom. The summed E-state index contributed by atoms with van der Waals surface area (Å²) in [4.78, 5) is 0. The minimum atomic E-state index is -0.387. The Hall–Kier alpha value is -1.21. The largest absolute Gasteiger partial charge is 0.271 e. The van der Waals surface area contributed by atoms with Crippen molar-refractivity contribution < 1.29 is 0 Å². The van der Waals surface area contributed by atoms with Crippen molar-refractivity contribution >= 4 is 18.5 Å². The number of nitrogens with one attached hydrogen (secondary N) is 1. The molecule has 0 aliphatic carbocycles. The molecule has 0 fully saturated rings. The van der Waals surface area contributed by atoms with E-state index in [1.165, 1.54) is 10.6 Å². The second-order valence-electron chi connectivity index (χ2n) is 3.46. The molecule has 0 unspecified atom stereocenters. The molecule has 16 heavy (non-hydrogen) atoms. The van der Waals surface area contributed by atoms with Crippen molar-refractivity contribution in [1.82, 2.24) is 5.43 Å². The third kappa shape index (κ3) is 2.67. The quantitative estimate of drug-likeness (QED) is 0.475. The first-order valence-electron chi connectivity index (χ1n) is 5.23. The second-order valence-corrected chi connectivity index (χ2v) is 5.67. The molecule has 0 aromatic heterocycles. The van der Waals surface area contributed by atoms with Gasteiger partial charge in [-0.3, -0.25) is 11.3 Å². The zero-order valence-corrected chi connectivity index (χ0v) is 9.90. The fourth-order valence-electron chi connectivity index (χ4n) is 1.64. The highest BCUT2D eigenvalue weighted by molar-refractivity contribution is 7.72. The van der Waals surface area contributed by atoms with Crippen LogP contribution in [-0.4, -0.2) is 6.29 Å². The highest BCUT2D eigenvalue weighted by Crippen LogP contribution is 2.31. The van der Waals surface area contributed by atoms with Gasteiger partial charge in [-0.1, -0.05) is 60.7 Å². The molecule has 0 atom stereocenters. The van der Waals surface area contributed by atoms with Crippen LogP contribution >= 0.6 is 7.92 Å². The van der Waals surface area contributed by atoms with Crippen molar-refractivity contribution in [2.45, 2.75) is 0 Å². The predicted octanol–water partition coefficient (Wildman–Crippen LogP) is 1.54. The van der Waals surface area contributed by atoms with Crippen molar-refractivity contribution in [3.8, 4) is 0 Å². The molecule has 0 radical (unpaired) electrons. The van der Waals surface area contributed by atoms with Crippen molar-refractivity contribution in [2.24, 2.45) is 5.84 Å². The van der Waals surface area contributed by atoms with Gasteiger partial charge in [-0.15, -0.1) is 0 Å². The maximum absolute atomic E-state index is 5.47. The first-order chi connectivity index (χ1) is 7.92. The van der Waals surface area contributed by atoms with Crippen LogP contribution in [0, 0.1) is 0 Å². The van der Waals surface area contributed by atoms with Crippen LogP contribution in [-0.2, 0) is 0 Å². The fraction of sp³-hybridized carbons (Fsp3) is 0.0769. The lowest BCUT2D eigenvalue weighted by Crippen LogP contribution is -2.27. The molecule has 82 valence electrons. The zero-order chi connectivity index (χ0) is 11.2. The Morgan fingerprint density at radius 2 is 1.25 bits per heavy atom.